The van der Waals surface area contributed by atoms with Crippen molar-refractivity contribution >= 4 is 22.4 Å². The SMILES string of the molecule is O=C(CCC1CCNCC1)Nc1nccs1. The monoisotopic (exact) mass is 239 g/mol. The molecular weight excluding hydrogens is 222 g/mol. The molecule has 0 spiro atoms. The van der Waals surface area contributed by atoms with Crippen molar-refractivity contribution in [1.82, 2.24) is 10.3 Å². The smallest absolute Gasteiger partial charge is 0.226 e. The van der Waals surface area contributed by atoms with Crippen LogP contribution in [-0.2, 0) is 4.79 Å². The molecule has 5 heteroatoms. The lowest BCUT2D eigenvalue weighted by molar-refractivity contribution is -0.116. The van der Waals surface area contributed by atoms with E-state index in [1.807, 2.05) is 5.38 Å². The molecule has 2 N–H and O–H groups in total. The van der Waals surface area contributed by atoms with E-state index in [0.717, 1.165) is 19.5 Å². The van der Waals surface area contributed by atoms with Gasteiger partial charge in [-0.2, -0.15) is 0 Å². The molecule has 1 aromatic heterocycles. The molecule has 0 bridgehead atoms. The minimum atomic E-state index is 0.0912. The van der Waals surface area contributed by atoms with Gasteiger partial charge in [0.15, 0.2) is 5.13 Å². The van der Waals surface area contributed by atoms with Gasteiger partial charge in [0, 0.05) is 18.0 Å². The fourth-order valence-corrected chi connectivity index (χ4v) is 2.52. The van der Waals surface area contributed by atoms with Gasteiger partial charge in [-0.15, -0.1) is 11.3 Å². The fourth-order valence-electron chi connectivity index (χ4n) is 1.97. The number of nitrogens with one attached hydrogen (secondary N) is 2. The number of anilines is 1. The first kappa shape index (κ1) is 11.5. The second-order valence-electron chi connectivity index (χ2n) is 4.12. The Morgan fingerprint density at radius 3 is 3.06 bits per heavy atom. The highest BCUT2D eigenvalue weighted by atomic mass is 32.1. The molecule has 1 aliphatic heterocycles. The van der Waals surface area contributed by atoms with E-state index < -0.39 is 0 Å². The zero-order chi connectivity index (χ0) is 11.2. The van der Waals surface area contributed by atoms with E-state index in [1.54, 1.807) is 6.20 Å². The topological polar surface area (TPSA) is 54.0 Å². The summed E-state index contributed by atoms with van der Waals surface area (Å²) >= 11 is 1.46. The second-order valence-corrected chi connectivity index (χ2v) is 5.01. The van der Waals surface area contributed by atoms with Gasteiger partial charge in [-0.3, -0.25) is 4.79 Å². The van der Waals surface area contributed by atoms with Crippen LogP contribution in [0, 0.1) is 5.92 Å². The van der Waals surface area contributed by atoms with Gasteiger partial charge >= 0.3 is 0 Å². The van der Waals surface area contributed by atoms with Crippen LogP contribution in [0.5, 0.6) is 0 Å². The molecule has 88 valence electrons. The number of amides is 1. The van der Waals surface area contributed by atoms with Crippen LogP contribution in [0.4, 0.5) is 5.13 Å². The van der Waals surface area contributed by atoms with Crippen LogP contribution >= 0.6 is 11.3 Å². The van der Waals surface area contributed by atoms with Gasteiger partial charge < -0.3 is 10.6 Å². The molecule has 0 atom stereocenters. The van der Waals surface area contributed by atoms with E-state index in [2.05, 4.69) is 15.6 Å². The van der Waals surface area contributed by atoms with Crippen molar-refractivity contribution in [3.63, 3.8) is 0 Å². The Hall–Kier alpha value is -0.940. The maximum Gasteiger partial charge on any atom is 0.226 e. The number of carbonyl (C=O) groups excluding carboxylic acids is 1. The number of piperidine rings is 1. The first-order valence-electron chi connectivity index (χ1n) is 5.74. The van der Waals surface area contributed by atoms with Crippen molar-refractivity contribution in [2.24, 2.45) is 5.92 Å². The summed E-state index contributed by atoms with van der Waals surface area (Å²) in [6, 6.07) is 0. The summed E-state index contributed by atoms with van der Waals surface area (Å²) in [5.74, 6) is 0.803. The van der Waals surface area contributed by atoms with Crippen molar-refractivity contribution < 1.29 is 4.79 Å². The van der Waals surface area contributed by atoms with Gasteiger partial charge in [-0.05, 0) is 38.3 Å². The van der Waals surface area contributed by atoms with Crippen molar-refractivity contribution in [3.8, 4) is 0 Å². The lowest BCUT2D eigenvalue weighted by Crippen LogP contribution is -2.28. The Kier molecular flexibility index (Phi) is 4.30. The molecule has 0 aromatic carbocycles. The van der Waals surface area contributed by atoms with Crippen LogP contribution in [0.15, 0.2) is 11.6 Å². The number of thiazole rings is 1. The van der Waals surface area contributed by atoms with E-state index in [9.17, 15) is 4.79 Å². The molecular formula is C11H17N3OS. The summed E-state index contributed by atoms with van der Waals surface area (Å²) in [4.78, 5) is 15.6. The summed E-state index contributed by atoms with van der Waals surface area (Å²) in [5.41, 5.74) is 0. The van der Waals surface area contributed by atoms with E-state index in [4.69, 9.17) is 0 Å². The van der Waals surface area contributed by atoms with Crippen molar-refractivity contribution in [1.29, 1.82) is 0 Å². The Labute approximate surface area is 99.5 Å². The molecule has 16 heavy (non-hydrogen) atoms. The zero-order valence-corrected chi connectivity index (χ0v) is 10.1. The van der Waals surface area contributed by atoms with Crippen LogP contribution in [0.3, 0.4) is 0 Å². The molecule has 1 amide bonds. The summed E-state index contributed by atoms with van der Waals surface area (Å²) in [6.45, 7) is 2.19. The molecule has 1 aromatic rings. The van der Waals surface area contributed by atoms with Crippen molar-refractivity contribution in [2.45, 2.75) is 25.7 Å². The van der Waals surface area contributed by atoms with Gasteiger partial charge in [0.05, 0.1) is 0 Å². The molecule has 2 heterocycles. The number of aromatic nitrogens is 1. The molecule has 0 saturated carbocycles. The molecule has 0 aliphatic carbocycles. The Morgan fingerprint density at radius 1 is 1.56 bits per heavy atom. The number of carbonyl (C=O) groups is 1. The Morgan fingerprint density at radius 2 is 2.38 bits per heavy atom. The quantitative estimate of drug-likeness (QED) is 0.843. The predicted molar refractivity (Wildman–Crippen MR) is 65.6 cm³/mol. The van der Waals surface area contributed by atoms with E-state index in [-0.39, 0.29) is 5.91 Å². The molecule has 4 nitrogen and oxygen atoms in total. The summed E-state index contributed by atoms with van der Waals surface area (Å²) in [6.07, 6.45) is 5.71. The lowest BCUT2D eigenvalue weighted by atomic mass is 9.93. The van der Waals surface area contributed by atoms with E-state index in [0.29, 0.717) is 17.5 Å². The minimum Gasteiger partial charge on any atom is -0.317 e. The van der Waals surface area contributed by atoms with Crippen LogP contribution in [0.2, 0.25) is 0 Å². The molecule has 1 fully saturated rings. The molecule has 0 unspecified atom stereocenters. The van der Waals surface area contributed by atoms with E-state index in [1.165, 1.54) is 24.2 Å². The number of nitrogens with zero attached hydrogens (tertiary/aromatic N) is 1. The molecule has 0 radical (unpaired) electrons. The number of hydrogen-bond acceptors (Lipinski definition) is 4. The van der Waals surface area contributed by atoms with Crippen LogP contribution in [-0.4, -0.2) is 24.0 Å². The average Bonchev–Trinajstić information content (AvgIpc) is 2.81. The third-order valence-electron chi connectivity index (χ3n) is 2.92. The molecule has 1 aliphatic rings. The highest BCUT2D eigenvalue weighted by molar-refractivity contribution is 7.13. The zero-order valence-electron chi connectivity index (χ0n) is 9.24. The van der Waals surface area contributed by atoms with Crippen molar-refractivity contribution in [2.75, 3.05) is 18.4 Å². The summed E-state index contributed by atoms with van der Waals surface area (Å²) in [7, 11) is 0. The van der Waals surface area contributed by atoms with E-state index >= 15 is 0 Å². The van der Waals surface area contributed by atoms with Crippen LogP contribution in [0.1, 0.15) is 25.7 Å². The largest absolute Gasteiger partial charge is 0.317 e. The molecule has 2 rings (SSSR count). The van der Waals surface area contributed by atoms with Gasteiger partial charge in [-0.25, -0.2) is 4.98 Å². The highest BCUT2D eigenvalue weighted by Gasteiger charge is 2.14. The lowest BCUT2D eigenvalue weighted by Gasteiger charge is -2.21. The van der Waals surface area contributed by atoms with Crippen LogP contribution in [0.25, 0.3) is 0 Å². The van der Waals surface area contributed by atoms with Crippen molar-refractivity contribution in [3.05, 3.63) is 11.6 Å². The Balaban J connectivity index is 1.67. The maximum atomic E-state index is 11.6. The number of hydrogen-bond donors (Lipinski definition) is 2. The summed E-state index contributed by atoms with van der Waals surface area (Å²) in [5, 5.41) is 8.71. The third-order valence-corrected chi connectivity index (χ3v) is 3.61. The maximum absolute atomic E-state index is 11.6. The first-order chi connectivity index (χ1) is 7.84. The number of rotatable bonds is 4. The normalized spacial score (nSPS) is 17.2. The van der Waals surface area contributed by atoms with Gasteiger partial charge in [0.1, 0.15) is 0 Å². The molecule has 1 saturated heterocycles. The highest BCUT2D eigenvalue weighted by Crippen LogP contribution is 2.18. The fraction of sp³-hybridized carbons (Fsp3) is 0.636. The summed E-state index contributed by atoms with van der Waals surface area (Å²) < 4.78 is 0. The first-order valence-corrected chi connectivity index (χ1v) is 6.62. The predicted octanol–water partition coefficient (Wildman–Crippen LogP) is 1.86. The standard InChI is InChI=1S/C11H17N3OS/c15-10(14-11-13-7-8-16-11)2-1-9-3-5-12-6-4-9/h7-9,12H,1-6H2,(H,13,14,15). The Bertz CT molecular complexity index is 320. The van der Waals surface area contributed by atoms with Gasteiger partial charge in [0.2, 0.25) is 5.91 Å². The average molecular weight is 239 g/mol. The minimum absolute atomic E-state index is 0.0912. The van der Waals surface area contributed by atoms with Gasteiger partial charge in [0.25, 0.3) is 0 Å². The van der Waals surface area contributed by atoms with Gasteiger partial charge in [-0.1, -0.05) is 0 Å². The second kappa shape index (κ2) is 5.96. The van der Waals surface area contributed by atoms with Crippen LogP contribution < -0.4 is 10.6 Å². The third kappa shape index (κ3) is 3.57.